The summed E-state index contributed by atoms with van der Waals surface area (Å²) < 4.78 is 6.10. The van der Waals surface area contributed by atoms with E-state index in [0.717, 1.165) is 22.6 Å². The molecule has 0 amide bonds. The fraction of sp³-hybridized carbons (Fsp3) is 0.125. The molecular weight excluding hydrogens is 442 g/mol. The molecule has 0 spiro atoms. The number of hydrogen-bond donors (Lipinski definition) is 0. The molecular formula is C32H27N3O. The summed E-state index contributed by atoms with van der Waals surface area (Å²) in [5, 5.41) is 9.35. The predicted molar refractivity (Wildman–Crippen MR) is 146 cm³/mol. The summed E-state index contributed by atoms with van der Waals surface area (Å²) in [7, 11) is 0. The second kappa shape index (κ2) is 10.6. The number of hydrogen-bond acceptors (Lipinski definition) is 3. The topological polar surface area (TPSA) is 40.6 Å². The van der Waals surface area contributed by atoms with Crippen molar-refractivity contribution >= 4 is 23.1 Å². The maximum Gasteiger partial charge on any atom is 0.269 e. The lowest BCUT2D eigenvalue weighted by Crippen LogP contribution is -2.14. The van der Waals surface area contributed by atoms with Crippen LogP contribution in [0.5, 0.6) is 0 Å². The minimum absolute atomic E-state index is 0.0530. The molecule has 3 aromatic carbocycles. The van der Waals surface area contributed by atoms with Crippen molar-refractivity contribution in [2.45, 2.75) is 20.8 Å². The summed E-state index contributed by atoms with van der Waals surface area (Å²) in [6, 6.07) is 30.8. The molecule has 4 rings (SSSR count). The fourth-order valence-electron chi connectivity index (χ4n) is 3.78. The molecule has 0 aromatic heterocycles. The lowest BCUT2D eigenvalue weighted by atomic mass is 9.91. The van der Waals surface area contributed by atoms with E-state index in [0.29, 0.717) is 17.1 Å². The highest BCUT2D eigenvalue weighted by molar-refractivity contribution is 5.77. The monoisotopic (exact) mass is 469 g/mol. The SMILES string of the molecule is [C-]#[N+]C(C#N)=C1C=C(C=Cc2ccc(N(c3ccccc3)c3ccccc3)cc2)OC(C(C)(C)C)=C1. The molecule has 0 fully saturated rings. The summed E-state index contributed by atoms with van der Waals surface area (Å²) in [6.45, 7) is 13.4. The molecule has 1 aliphatic heterocycles. The van der Waals surface area contributed by atoms with Crippen molar-refractivity contribution in [2.24, 2.45) is 5.41 Å². The second-order valence-corrected chi connectivity index (χ2v) is 9.37. The van der Waals surface area contributed by atoms with Gasteiger partial charge in [-0.2, -0.15) is 0 Å². The van der Waals surface area contributed by atoms with Gasteiger partial charge in [0.15, 0.2) is 0 Å². The smallest absolute Gasteiger partial charge is 0.269 e. The van der Waals surface area contributed by atoms with E-state index in [1.165, 1.54) is 0 Å². The Balaban J connectivity index is 1.63. The normalized spacial score (nSPS) is 14.7. The van der Waals surface area contributed by atoms with Gasteiger partial charge in [0.05, 0.1) is 12.6 Å². The number of nitrogens with zero attached hydrogens (tertiary/aromatic N) is 3. The molecule has 36 heavy (non-hydrogen) atoms. The zero-order chi connectivity index (χ0) is 25.5. The maximum absolute atomic E-state index is 9.35. The van der Waals surface area contributed by atoms with E-state index in [4.69, 9.17) is 11.3 Å². The fourth-order valence-corrected chi connectivity index (χ4v) is 3.78. The highest BCUT2D eigenvalue weighted by atomic mass is 16.5. The molecule has 0 bridgehead atoms. The first-order chi connectivity index (χ1) is 17.4. The van der Waals surface area contributed by atoms with Gasteiger partial charge in [-0.05, 0) is 65.8 Å². The van der Waals surface area contributed by atoms with E-state index in [1.54, 1.807) is 12.2 Å². The largest absolute Gasteiger partial charge is 0.461 e. The van der Waals surface area contributed by atoms with E-state index in [1.807, 2.05) is 75.4 Å². The molecule has 0 saturated carbocycles. The molecule has 0 radical (unpaired) electrons. The Morgan fingerprint density at radius 1 is 0.833 bits per heavy atom. The van der Waals surface area contributed by atoms with E-state index < -0.39 is 0 Å². The molecule has 1 aliphatic rings. The van der Waals surface area contributed by atoms with Crippen LogP contribution in [0.15, 0.2) is 126 Å². The number of anilines is 3. The Labute approximate surface area is 213 Å². The van der Waals surface area contributed by atoms with Crippen LogP contribution in [0.25, 0.3) is 10.9 Å². The molecule has 0 aliphatic carbocycles. The van der Waals surface area contributed by atoms with Crippen molar-refractivity contribution in [1.82, 2.24) is 0 Å². The van der Waals surface area contributed by atoms with Gasteiger partial charge in [0.2, 0.25) is 0 Å². The maximum atomic E-state index is 9.35. The lowest BCUT2D eigenvalue weighted by Gasteiger charge is -2.26. The van der Waals surface area contributed by atoms with Gasteiger partial charge in [-0.25, -0.2) is 10.1 Å². The molecule has 176 valence electrons. The van der Waals surface area contributed by atoms with Gasteiger partial charge in [0.25, 0.3) is 5.70 Å². The summed E-state index contributed by atoms with van der Waals surface area (Å²) in [6.07, 6.45) is 7.37. The van der Waals surface area contributed by atoms with Crippen molar-refractivity contribution in [2.75, 3.05) is 4.90 Å². The highest BCUT2D eigenvalue weighted by Gasteiger charge is 2.24. The number of nitriles is 1. The molecule has 0 saturated heterocycles. The predicted octanol–water partition coefficient (Wildman–Crippen LogP) is 8.71. The minimum atomic E-state index is -0.263. The number of para-hydroxylation sites is 2. The molecule has 3 aromatic rings. The molecule has 1 heterocycles. The molecule has 0 N–H and O–H groups in total. The number of ether oxygens (including phenoxy) is 1. The van der Waals surface area contributed by atoms with Crippen LogP contribution in [0.3, 0.4) is 0 Å². The van der Waals surface area contributed by atoms with Crippen LogP contribution in [-0.4, -0.2) is 0 Å². The van der Waals surface area contributed by atoms with Crippen molar-refractivity contribution < 1.29 is 4.74 Å². The van der Waals surface area contributed by atoms with Crippen LogP contribution in [0, 0.1) is 23.3 Å². The van der Waals surface area contributed by atoms with E-state index in [9.17, 15) is 5.26 Å². The van der Waals surface area contributed by atoms with E-state index in [2.05, 4.69) is 58.3 Å². The average molecular weight is 470 g/mol. The van der Waals surface area contributed by atoms with Crippen LogP contribution in [0.1, 0.15) is 26.3 Å². The molecule has 4 heteroatoms. The first kappa shape index (κ1) is 24.3. The Hall–Kier alpha value is -4.80. The summed E-state index contributed by atoms with van der Waals surface area (Å²) in [5.74, 6) is 1.31. The Bertz CT molecular complexity index is 1370. The van der Waals surface area contributed by atoms with Crippen molar-refractivity contribution in [3.8, 4) is 6.07 Å². The number of allylic oxidation sites excluding steroid dienone is 6. The molecule has 0 unspecified atom stereocenters. The Kier molecular flexibility index (Phi) is 7.19. The third-order valence-corrected chi connectivity index (χ3v) is 5.66. The zero-order valence-corrected chi connectivity index (χ0v) is 20.6. The van der Waals surface area contributed by atoms with Crippen molar-refractivity contribution in [3.63, 3.8) is 0 Å². The third-order valence-electron chi connectivity index (χ3n) is 5.66. The van der Waals surface area contributed by atoms with Gasteiger partial charge in [0.1, 0.15) is 11.5 Å². The highest BCUT2D eigenvalue weighted by Crippen LogP contribution is 2.36. The van der Waals surface area contributed by atoms with Crippen molar-refractivity contribution in [1.29, 1.82) is 5.26 Å². The van der Waals surface area contributed by atoms with Crippen LogP contribution in [0.4, 0.5) is 17.1 Å². The van der Waals surface area contributed by atoms with E-state index >= 15 is 0 Å². The van der Waals surface area contributed by atoms with Crippen LogP contribution < -0.4 is 4.90 Å². The van der Waals surface area contributed by atoms with Gasteiger partial charge in [0, 0.05) is 22.5 Å². The number of benzene rings is 3. The first-order valence-corrected chi connectivity index (χ1v) is 11.7. The van der Waals surface area contributed by atoms with Crippen LogP contribution in [-0.2, 0) is 4.74 Å². The average Bonchev–Trinajstić information content (AvgIpc) is 2.90. The Morgan fingerprint density at radius 3 is 1.89 bits per heavy atom. The summed E-state index contributed by atoms with van der Waals surface area (Å²) >= 11 is 0. The van der Waals surface area contributed by atoms with Gasteiger partial charge >= 0.3 is 0 Å². The molecule has 4 nitrogen and oxygen atoms in total. The number of rotatable bonds is 5. The van der Waals surface area contributed by atoms with Gasteiger partial charge in [-0.1, -0.05) is 75.4 Å². The van der Waals surface area contributed by atoms with Gasteiger partial charge in [-0.3, -0.25) is 0 Å². The lowest BCUT2D eigenvalue weighted by molar-refractivity contribution is 0.223. The van der Waals surface area contributed by atoms with Gasteiger partial charge in [-0.15, -0.1) is 0 Å². The van der Waals surface area contributed by atoms with E-state index in [-0.39, 0.29) is 11.1 Å². The zero-order valence-electron chi connectivity index (χ0n) is 20.6. The first-order valence-electron chi connectivity index (χ1n) is 11.7. The Morgan fingerprint density at radius 2 is 1.39 bits per heavy atom. The summed E-state index contributed by atoms with van der Waals surface area (Å²) in [4.78, 5) is 5.58. The van der Waals surface area contributed by atoms with Crippen LogP contribution >= 0.6 is 0 Å². The van der Waals surface area contributed by atoms with Crippen LogP contribution in [0.2, 0.25) is 0 Å². The van der Waals surface area contributed by atoms with Gasteiger partial charge < -0.3 is 9.64 Å². The summed E-state index contributed by atoms with van der Waals surface area (Å²) in [5.41, 5.74) is 4.59. The molecule has 0 atom stereocenters. The minimum Gasteiger partial charge on any atom is -0.461 e. The third kappa shape index (κ3) is 5.63. The standard InChI is InChI=1S/C32H27N3O/c1-32(2,3)31-22-25(30(23-33)34-4)21-29(36-31)20-17-24-15-18-28(19-16-24)35(26-11-7-5-8-12-26)27-13-9-6-10-14-27/h5-22H,1-3H3. The van der Waals surface area contributed by atoms with Crippen molar-refractivity contribution in [3.05, 3.63) is 143 Å². The second-order valence-electron chi connectivity index (χ2n) is 9.37. The quantitative estimate of drug-likeness (QED) is 0.277.